The number of pyridine rings is 1. The molecule has 2 aromatic rings. The van der Waals surface area contributed by atoms with Crippen molar-refractivity contribution < 1.29 is 13.2 Å². The highest BCUT2D eigenvalue weighted by atomic mass is 79.9. The Hall–Kier alpha value is -1.73. The average molecular weight is 355 g/mol. The van der Waals surface area contributed by atoms with Crippen molar-refractivity contribution in [2.75, 3.05) is 0 Å². The van der Waals surface area contributed by atoms with Crippen LogP contribution < -0.4 is 4.72 Å². The van der Waals surface area contributed by atoms with E-state index in [4.69, 9.17) is 0 Å². The fourth-order valence-electron chi connectivity index (χ4n) is 1.56. The maximum absolute atomic E-state index is 11.9. The molecule has 5 nitrogen and oxygen atoms in total. The highest BCUT2D eigenvalue weighted by Crippen LogP contribution is 2.08. The zero-order valence-electron chi connectivity index (χ0n) is 10.3. The molecular weight excluding hydrogens is 344 g/mol. The summed E-state index contributed by atoms with van der Waals surface area (Å²) in [5.74, 6) is -1.00. The molecule has 0 bridgehead atoms. The molecule has 0 unspecified atom stereocenters. The SMILES string of the molecule is O=C(NS(=O)(=O)Cc1ccccc1)c1cccc(Br)n1. The Morgan fingerprint density at radius 2 is 1.80 bits per heavy atom. The van der Waals surface area contributed by atoms with Crippen LogP contribution in [0.5, 0.6) is 0 Å². The number of aromatic nitrogens is 1. The fraction of sp³-hybridized carbons (Fsp3) is 0.0769. The second kappa shape index (κ2) is 6.15. The Kier molecular flexibility index (Phi) is 4.51. The molecule has 2 rings (SSSR count). The molecule has 7 heteroatoms. The maximum Gasteiger partial charge on any atom is 0.283 e. The van der Waals surface area contributed by atoms with Gasteiger partial charge < -0.3 is 0 Å². The molecule has 104 valence electrons. The summed E-state index contributed by atoms with van der Waals surface area (Å²) in [6, 6.07) is 13.3. The van der Waals surface area contributed by atoms with Crippen LogP contribution in [0.4, 0.5) is 0 Å². The van der Waals surface area contributed by atoms with Gasteiger partial charge in [0.05, 0.1) is 5.75 Å². The molecule has 1 aromatic heterocycles. The first-order chi connectivity index (χ1) is 9.46. The third kappa shape index (κ3) is 4.14. The topological polar surface area (TPSA) is 76.1 Å². The lowest BCUT2D eigenvalue weighted by molar-refractivity contribution is 0.0976. The van der Waals surface area contributed by atoms with Crippen molar-refractivity contribution in [3.05, 3.63) is 64.4 Å². The van der Waals surface area contributed by atoms with E-state index in [1.54, 1.807) is 42.5 Å². The third-order valence-electron chi connectivity index (χ3n) is 2.40. The van der Waals surface area contributed by atoms with E-state index in [2.05, 4.69) is 20.9 Å². The molecule has 1 aromatic carbocycles. The van der Waals surface area contributed by atoms with Gasteiger partial charge in [-0.15, -0.1) is 0 Å². The predicted octanol–water partition coefficient (Wildman–Crippen LogP) is 2.10. The molecule has 0 saturated heterocycles. The van der Waals surface area contributed by atoms with Crippen LogP contribution in [0.3, 0.4) is 0 Å². The first-order valence-corrected chi connectivity index (χ1v) is 8.12. The highest BCUT2D eigenvalue weighted by molar-refractivity contribution is 9.10. The number of halogens is 1. The molecule has 0 spiro atoms. The minimum Gasteiger partial charge on any atom is -0.266 e. The zero-order chi connectivity index (χ0) is 14.6. The summed E-state index contributed by atoms with van der Waals surface area (Å²) >= 11 is 3.12. The Bertz CT molecular complexity index is 717. The summed E-state index contributed by atoms with van der Waals surface area (Å²) in [6.07, 6.45) is 0. The molecule has 0 fully saturated rings. The van der Waals surface area contributed by atoms with Gasteiger partial charge >= 0.3 is 0 Å². The van der Waals surface area contributed by atoms with Crippen molar-refractivity contribution in [1.29, 1.82) is 0 Å². The summed E-state index contributed by atoms with van der Waals surface area (Å²) in [7, 11) is -3.75. The Morgan fingerprint density at radius 1 is 1.10 bits per heavy atom. The predicted molar refractivity (Wildman–Crippen MR) is 78.5 cm³/mol. The van der Waals surface area contributed by atoms with Gasteiger partial charge in [0.15, 0.2) is 0 Å². The van der Waals surface area contributed by atoms with Gasteiger partial charge in [-0.1, -0.05) is 36.4 Å². The second-order valence-electron chi connectivity index (χ2n) is 4.02. The van der Waals surface area contributed by atoms with Crippen molar-refractivity contribution in [2.24, 2.45) is 0 Å². The van der Waals surface area contributed by atoms with Crippen LogP contribution in [-0.4, -0.2) is 19.3 Å². The van der Waals surface area contributed by atoms with Crippen LogP contribution in [0.25, 0.3) is 0 Å². The lowest BCUT2D eigenvalue weighted by atomic mass is 10.2. The third-order valence-corrected chi connectivity index (χ3v) is 4.05. The quantitative estimate of drug-likeness (QED) is 0.853. The molecule has 20 heavy (non-hydrogen) atoms. The Labute approximate surface area is 125 Å². The normalized spacial score (nSPS) is 11.1. The van der Waals surface area contributed by atoms with Crippen LogP contribution in [0.15, 0.2) is 53.1 Å². The van der Waals surface area contributed by atoms with Crippen molar-refractivity contribution in [1.82, 2.24) is 9.71 Å². The van der Waals surface area contributed by atoms with Crippen LogP contribution >= 0.6 is 15.9 Å². The van der Waals surface area contributed by atoms with E-state index in [9.17, 15) is 13.2 Å². The van der Waals surface area contributed by atoms with E-state index in [0.717, 1.165) is 0 Å². The number of nitrogens with zero attached hydrogens (tertiary/aromatic N) is 1. The summed E-state index contributed by atoms with van der Waals surface area (Å²) in [4.78, 5) is 15.7. The van der Waals surface area contributed by atoms with Crippen molar-refractivity contribution >= 4 is 31.9 Å². The van der Waals surface area contributed by atoms with Crippen LogP contribution in [-0.2, 0) is 15.8 Å². The number of benzene rings is 1. The lowest BCUT2D eigenvalue weighted by Crippen LogP contribution is -2.32. The van der Waals surface area contributed by atoms with E-state index in [0.29, 0.717) is 10.2 Å². The van der Waals surface area contributed by atoms with Gasteiger partial charge in [-0.3, -0.25) is 4.79 Å². The zero-order valence-corrected chi connectivity index (χ0v) is 12.7. The minimum atomic E-state index is -3.75. The van der Waals surface area contributed by atoms with Gasteiger partial charge in [0.1, 0.15) is 10.3 Å². The molecule has 0 aliphatic heterocycles. The highest BCUT2D eigenvalue weighted by Gasteiger charge is 2.17. The summed E-state index contributed by atoms with van der Waals surface area (Å²) < 4.78 is 26.3. The number of hydrogen-bond donors (Lipinski definition) is 1. The van der Waals surface area contributed by atoms with Gasteiger partial charge in [0.25, 0.3) is 5.91 Å². The van der Waals surface area contributed by atoms with Gasteiger partial charge in [-0.25, -0.2) is 18.1 Å². The molecule has 0 aliphatic rings. The Balaban J connectivity index is 2.10. The number of carbonyl (C=O) groups excluding carboxylic acids is 1. The maximum atomic E-state index is 11.9. The minimum absolute atomic E-state index is 0.0380. The number of amides is 1. The molecule has 0 atom stereocenters. The van der Waals surface area contributed by atoms with Crippen molar-refractivity contribution in [3.63, 3.8) is 0 Å². The first-order valence-electron chi connectivity index (χ1n) is 5.67. The van der Waals surface area contributed by atoms with E-state index in [1.807, 2.05) is 4.72 Å². The average Bonchev–Trinajstić information content (AvgIpc) is 2.38. The molecule has 0 saturated carbocycles. The molecule has 0 radical (unpaired) electrons. The van der Waals surface area contributed by atoms with Crippen molar-refractivity contribution in [3.8, 4) is 0 Å². The van der Waals surface area contributed by atoms with Gasteiger partial charge in [-0.05, 0) is 33.6 Å². The molecule has 1 amide bonds. The second-order valence-corrected chi connectivity index (χ2v) is 6.56. The standard InChI is InChI=1S/C13H11BrN2O3S/c14-12-8-4-7-11(15-12)13(17)16-20(18,19)9-10-5-2-1-3-6-10/h1-8H,9H2,(H,16,17). The number of sulfonamides is 1. The van der Waals surface area contributed by atoms with E-state index in [1.165, 1.54) is 6.07 Å². The Morgan fingerprint density at radius 3 is 2.45 bits per heavy atom. The molecule has 1 N–H and O–H groups in total. The van der Waals surface area contributed by atoms with E-state index < -0.39 is 15.9 Å². The molecule has 1 heterocycles. The monoisotopic (exact) mass is 354 g/mol. The number of nitrogens with one attached hydrogen (secondary N) is 1. The van der Waals surface area contributed by atoms with Crippen LogP contribution in [0.2, 0.25) is 0 Å². The van der Waals surface area contributed by atoms with Crippen molar-refractivity contribution in [2.45, 2.75) is 5.75 Å². The molecule has 0 aliphatic carbocycles. The van der Waals surface area contributed by atoms with Crippen LogP contribution in [0.1, 0.15) is 16.1 Å². The number of hydrogen-bond acceptors (Lipinski definition) is 4. The largest absolute Gasteiger partial charge is 0.283 e. The fourth-order valence-corrected chi connectivity index (χ4v) is 2.99. The van der Waals surface area contributed by atoms with E-state index >= 15 is 0 Å². The summed E-state index contributed by atoms with van der Waals surface area (Å²) in [6.45, 7) is 0. The summed E-state index contributed by atoms with van der Waals surface area (Å²) in [5, 5.41) is 0. The van der Waals surface area contributed by atoms with Gasteiger partial charge in [-0.2, -0.15) is 0 Å². The summed E-state index contributed by atoms with van der Waals surface area (Å²) in [5.41, 5.74) is 0.644. The van der Waals surface area contributed by atoms with E-state index in [-0.39, 0.29) is 11.4 Å². The van der Waals surface area contributed by atoms with Gasteiger partial charge in [0, 0.05) is 0 Å². The number of carbonyl (C=O) groups is 1. The molecular formula is C13H11BrN2O3S. The number of rotatable bonds is 4. The van der Waals surface area contributed by atoms with Gasteiger partial charge in [0.2, 0.25) is 10.0 Å². The smallest absolute Gasteiger partial charge is 0.266 e. The first kappa shape index (κ1) is 14.7. The lowest BCUT2D eigenvalue weighted by Gasteiger charge is -2.06. The van der Waals surface area contributed by atoms with Crippen LogP contribution in [0, 0.1) is 0 Å².